The monoisotopic (exact) mass is 351 g/mol. The average molecular weight is 352 g/mol. The number of nitrogens with zero attached hydrogens (tertiary/aromatic N) is 4. The maximum Gasteiger partial charge on any atom is 0.259 e. The quantitative estimate of drug-likeness (QED) is 0.912. The molecule has 0 unspecified atom stereocenters. The minimum absolute atomic E-state index is 0.247. The predicted molar refractivity (Wildman–Crippen MR) is 82.7 cm³/mol. The lowest BCUT2D eigenvalue weighted by Gasteiger charge is -2.38. The Kier molecular flexibility index (Phi) is 4.05. The second kappa shape index (κ2) is 5.82. The number of piperazine rings is 1. The number of rotatable bonds is 3. The van der Waals surface area contributed by atoms with E-state index in [1.807, 2.05) is 6.07 Å². The van der Waals surface area contributed by atoms with Crippen LogP contribution in [0.15, 0.2) is 27.5 Å². The Balaban J connectivity index is 1.86. The van der Waals surface area contributed by atoms with Gasteiger partial charge in [0.2, 0.25) is 0 Å². The molecule has 0 atom stereocenters. The Morgan fingerprint density at radius 2 is 2.05 bits per heavy atom. The summed E-state index contributed by atoms with van der Waals surface area (Å²) in [7, 11) is 0. The van der Waals surface area contributed by atoms with Gasteiger partial charge in [-0.15, -0.1) is 0 Å². The van der Waals surface area contributed by atoms with E-state index in [-0.39, 0.29) is 5.54 Å². The normalized spacial score (nSPS) is 17.1. The van der Waals surface area contributed by atoms with Crippen LogP contribution in [0.2, 0.25) is 0 Å². The smallest absolute Gasteiger partial charge is 0.259 e. The molecule has 2 aromatic heterocycles. The van der Waals surface area contributed by atoms with E-state index in [4.69, 9.17) is 4.52 Å². The lowest BCUT2D eigenvalue weighted by Crippen LogP contribution is -2.52. The molecule has 1 aliphatic heterocycles. The van der Waals surface area contributed by atoms with Crippen molar-refractivity contribution >= 4 is 15.9 Å². The number of hydrogen-bond donors (Lipinski definition) is 1. The summed E-state index contributed by atoms with van der Waals surface area (Å²) < 4.78 is 6.31. The fourth-order valence-corrected chi connectivity index (χ4v) is 2.85. The van der Waals surface area contributed by atoms with Gasteiger partial charge in [0.05, 0.1) is 11.1 Å². The SMILES string of the molecule is CC(C)(c1noc(-c2cncc(Br)c2)n1)N1CCNCC1. The van der Waals surface area contributed by atoms with Crippen molar-refractivity contribution in [2.45, 2.75) is 19.4 Å². The molecule has 0 radical (unpaired) electrons. The molecule has 0 saturated carbocycles. The molecule has 1 N–H and O–H groups in total. The average Bonchev–Trinajstić information content (AvgIpc) is 2.99. The van der Waals surface area contributed by atoms with Crippen molar-refractivity contribution in [1.82, 2.24) is 25.3 Å². The van der Waals surface area contributed by atoms with Crippen LogP contribution in [0.25, 0.3) is 11.5 Å². The van der Waals surface area contributed by atoms with Crippen LogP contribution in [-0.4, -0.2) is 46.2 Å². The van der Waals surface area contributed by atoms with E-state index in [2.05, 4.69) is 55.1 Å². The number of pyridine rings is 1. The van der Waals surface area contributed by atoms with Gasteiger partial charge in [-0.2, -0.15) is 4.98 Å². The maximum atomic E-state index is 5.42. The number of hydrogen-bond acceptors (Lipinski definition) is 6. The molecule has 0 amide bonds. The molecule has 0 aromatic carbocycles. The molecular weight excluding hydrogens is 334 g/mol. The zero-order valence-electron chi connectivity index (χ0n) is 12.1. The fourth-order valence-electron chi connectivity index (χ4n) is 2.48. The van der Waals surface area contributed by atoms with Crippen LogP contribution in [0.4, 0.5) is 0 Å². The molecule has 6 nitrogen and oxygen atoms in total. The Labute approximate surface area is 132 Å². The first-order chi connectivity index (χ1) is 10.1. The minimum atomic E-state index is -0.247. The van der Waals surface area contributed by atoms with E-state index in [0.29, 0.717) is 11.7 Å². The topological polar surface area (TPSA) is 67.1 Å². The van der Waals surface area contributed by atoms with E-state index in [0.717, 1.165) is 36.2 Å². The van der Waals surface area contributed by atoms with Crippen LogP contribution in [0.5, 0.6) is 0 Å². The summed E-state index contributed by atoms with van der Waals surface area (Å²) in [4.78, 5) is 11.1. The van der Waals surface area contributed by atoms with Crippen molar-refractivity contribution in [3.05, 3.63) is 28.8 Å². The van der Waals surface area contributed by atoms with Gasteiger partial charge in [0.15, 0.2) is 5.82 Å². The van der Waals surface area contributed by atoms with E-state index < -0.39 is 0 Å². The Bertz CT molecular complexity index is 621. The van der Waals surface area contributed by atoms with Crippen molar-refractivity contribution in [1.29, 1.82) is 0 Å². The molecule has 0 bridgehead atoms. The summed E-state index contributed by atoms with van der Waals surface area (Å²) >= 11 is 3.40. The van der Waals surface area contributed by atoms with E-state index in [1.165, 1.54) is 0 Å². The van der Waals surface area contributed by atoms with Crippen LogP contribution in [0.1, 0.15) is 19.7 Å². The summed E-state index contributed by atoms with van der Waals surface area (Å²) in [6.07, 6.45) is 3.45. The van der Waals surface area contributed by atoms with Crippen LogP contribution in [0, 0.1) is 0 Å². The standard InChI is InChI=1S/C14H18BrN5O/c1-14(2,20-5-3-16-4-6-20)13-18-12(21-19-13)10-7-11(15)9-17-8-10/h7-9,16H,3-6H2,1-2H3. The van der Waals surface area contributed by atoms with E-state index >= 15 is 0 Å². The highest BCUT2D eigenvalue weighted by Gasteiger charge is 2.34. The minimum Gasteiger partial charge on any atom is -0.334 e. The third kappa shape index (κ3) is 3.00. The molecule has 0 spiro atoms. The van der Waals surface area contributed by atoms with Crippen molar-refractivity contribution < 1.29 is 4.52 Å². The highest BCUT2D eigenvalue weighted by Crippen LogP contribution is 2.28. The van der Waals surface area contributed by atoms with Crippen molar-refractivity contribution in [2.75, 3.05) is 26.2 Å². The second-order valence-corrected chi connectivity index (χ2v) is 6.53. The molecule has 2 aromatic rings. The van der Waals surface area contributed by atoms with E-state index in [9.17, 15) is 0 Å². The van der Waals surface area contributed by atoms with Crippen molar-refractivity contribution in [3.63, 3.8) is 0 Å². The van der Waals surface area contributed by atoms with Gasteiger partial charge in [-0.3, -0.25) is 9.88 Å². The first-order valence-electron chi connectivity index (χ1n) is 6.98. The molecule has 0 aliphatic carbocycles. The summed E-state index contributed by atoms with van der Waals surface area (Å²) in [6.45, 7) is 8.20. The first-order valence-corrected chi connectivity index (χ1v) is 7.77. The Morgan fingerprint density at radius 1 is 1.29 bits per heavy atom. The number of aromatic nitrogens is 3. The molecular formula is C14H18BrN5O. The van der Waals surface area contributed by atoms with Gasteiger partial charge in [0.1, 0.15) is 0 Å². The third-order valence-corrected chi connectivity index (χ3v) is 4.27. The lowest BCUT2D eigenvalue weighted by molar-refractivity contribution is 0.0925. The third-order valence-electron chi connectivity index (χ3n) is 3.83. The molecule has 1 saturated heterocycles. The molecule has 1 fully saturated rings. The van der Waals surface area contributed by atoms with Gasteiger partial charge in [0, 0.05) is 43.0 Å². The molecule has 3 heterocycles. The lowest BCUT2D eigenvalue weighted by atomic mass is 10.0. The largest absolute Gasteiger partial charge is 0.334 e. The van der Waals surface area contributed by atoms with E-state index in [1.54, 1.807) is 12.4 Å². The predicted octanol–water partition coefficient (Wildman–Crippen LogP) is 2.03. The summed E-state index contributed by atoms with van der Waals surface area (Å²) in [6, 6.07) is 1.92. The molecule has 7 heteroatoms. The fraction of sp³-hybridized carbons (Fsp3) is 0.500. The molecule has 112 valence electrons. The van der Waals surface area contributed by atoms with Gasteiger partial charge < -0.3 is 9.84 Å². The maximum absolute atomic E-state index is 5.42. The number of halogens is 1. The van der Waals surface area contributed by atoms with Gasteiger partial charge in [-0.1, -0.05) is 5.16 Å². The van der Waals surface area contributed by atoms with Gasteiger partial charge in [-0.05, 0) is 35.8 Å². The zero-order valence-corrected chi connectivity index (χ0v) is 13.7. The zero-order chi connectivity index (χ0) is 14.9. The van der Waals surface area contributed by atoms with Gasteiger partial charge in [0.25, 0.3) is 5.89 Å². The highest BCUT2D eigenvalue weighted by atomic mass is 79.9. The highest BCUT2D eigenvalue weighted by molar-refractivity contribution is 9.10. The Hall–Kier alpha value is -1.31. The summed E-state index contributed by atoms with van der Waals surface area (Å²) in [5.74, 6) is 1.21. The molecule has 21 heavy (non-hydrogen) atoms. The van der Waals surface area contributed by atoms with Gasteiger partial charge in [-0.25, -0.2) is 0 Å². The summed E-state index contributed by atoms with van der Waals surface area (Å²) in [5.41, 5.74) is 0.572. The van der Waals surface area contributed by atoms with Crippen LogP contribution in [0.3, 0.4) is 0 Å². The van der Waals surface area contributed by atoms with Crippen LogP contribution < -0.4 is 5.32 Å². The first kappa shape index (κ1) is 14.6. The van der Waals surface area contributed by atoms with Crippen LogP contribution in [-0.2, 0) is 5.54 Å². The Morgan fingerprint density at radius 3 is 2.76 bits per heavy atom. The number of nitrogens with one attached hydrogen (secondary N) is 1. The second-order valence-electron chi connectivity index (χ2n) is 5.61. The molecule has 3 rings (SSSR count). The van der Waals surface area contributed by atoms with Gasteiger partial charge >= 0.3 is 0 Å². The van der Waals surface area contributed by atoms with Crippen molar-refractivity contribution in [3.8, 4) is 11.5 Å². The van der Waals surface area contributed by atoms with Crippen LogP contribution >= 0.6 is 15.9 Å². The summed E-state index contributed by atoms with van der Waals surface area (Å²) in [5, 5.41) is 7.53. The molecule has 1 aliphatic rings. The van der Waals surface area contributed by atoms with Crippen molar-refractivity contribution in [2.24, 2.45) is 0 Å².